The number of rotatable bonds is 5. The molecule has 0 saturated heterocycles. The van der Waals surface area contributed by atoms with E-state index in [0.717, 1.165) is 11.4 Å². The highest BCUT2D eigenvalue weighted by atomic mass is 16.4. The minimum absolute atomic E-state index is 0.230. The Morgan fingerprint density at radius 2 is 2.21 bits per heavy atom. The molecule has 0 amide bonds. The molecule has 0 spiro atoms. The highest BCUT2D eigenvalue weighted by Crippen LogP contribution is 2.12. The summed E-state index contributed by atoms with van der Waals surface area (Å²) < 4.78 is 0. The minimum Gasteiger partial charge on any atom is -0.478 e. The molecule has 0 saturated carbocycles. The number of carboxylic acid groups (broad SMARTS) is 1. The van der Waals surface area contributed by atoms with Crippen LogP contribution in [0.1, 0.15) is 28.7 Å². The molecule has 2 heterocycles. The van der Waals surface area contributed by atoms with Gasteiger partial charge in [0.2, 0.25) is 0 Å². The Hall–Kier alpha value is -2.50. The Bertz CT molecular complexity index is 572. The first-order chi connectivity index (χ1) is 9.19. The van der Waals surface area contributed by atoms with E-state index in [4.69, 9.17) is 5.11 Å². The van der Waals surface area contributed by atoms with Crippen LogP contribution in [-0.2, 0) is 13.0 Å². The van der Waals surface area contributed by atoms with Gasteiger partial charge < -0.3 is 10.4 Å². The van der Waals surface area contributed by atoms with Gasteiger partial charge in [0, 0.05) is 11.9 Å². The summed E-state index contributed by atoms with van der Waals surface area (Å²) in [5.74, 6) is -0.429. The first kappa shape index (κ1) is 12.9. The van der Waals surface area contributed by atoms with Crippen molar-refractivity contribution in [2.24, 2.45) is 0 Å². The molecule has 0 unspecified atom stereocenters. The van der Waals surface area contributed by atoms with Crippen LogP contribution in [0.25, 0.3) is 0 Å². The normalized spacial score (nSPS) is 10.2. The third kappa shape index (κ3) is 3.48. The van der Waals surface area contributed by atoms with Crippen molar-refractivity contribution in [2.45, 2.75) is 19.9 Å². The van der Waals surface area contributed by atoms with Crippen LogP contribution in [0.5, 0.6) is 0 Å². The fourth-order valence-corrected chi connectivity index (χ4v) is 1.59. The summed E-state index contributed by atoms with van der Waals surface area (Å²) in [6.45, 7) is 2.38. The molecule has 0 aliphatic rings. The summed E-state index contributed by atoms with van der Waals surface area (Å²) in [5, 5.41) is 19.8. The number of nitrogens with one attached hydrogen (secondary N) is 1. The Kier molecular flexibility index (Phi) is 4.02. The molecule has 0 radical (unpaired) electrons. The molecule has 2 aromatic heterocycles. The smallest absolute Gasteiger partial charge is 0.335 e. The quantitative estimate of drug-likeness (QED) is 0.849. The van der Waals surface area contributed by atoms with Gasteiger partial charge in [-0.25, -0.2) is 9.78 Å². The predicted molar refractivity (Wildman–Crippen MR) is 69.9 cm³/mol. The van der Waals surface area contributed by atoms with Gasteiger partial charge in [-0.1, -0.05) is 6.92 Å². The van der Waals surface area contributed by atoms with E-state index >= 15 is 0 Å². The monoisotopic (exact) mass is 258 g/mol. The third-order valence-corrected chi connectivity index (χ3v) is 2.57. The van der Waals surface area contributed by atoms with Gasteiger partial charge in [0.05, 0.1) is 17.8 Å². The second-order valence-corrected chi connectivity index (χ2v) is 3.96. The molecule has 0 atom stereocenters. The number of anilines is 1. The van der Waals surface area contributed by atoms with Gasteiger partial charge >= 0.3 is 5.97 Å². The van der Waals surface area contributed by atoms with Crippen molar-refractivity contribution in [3.05, 3.63) is 47.4 Å². The zero-order valence-electron chi connectivity index (χ0n) is 10.5. The Morgan fingerprint density at radius 1 is 1.37 bits per heavy atom. The standard InChI is InChI=1S/C13H14N4O2/c1-2-10-6-9(13(18)19)7-12(16-10)14-8-11-4-3-5-15-17-11/h3-7H,2,8H2,1H3,(H,14,16)(H,18,19). The van der Waals surface area contributed by atoms with Crippen LogP contribution in [0.4, 0.5) is 5.82 Å². The molecule has 2 aromatic rings. The number of pyridine rings is 1. The van der Waals surface area contributed by atoms with E-state index in [1.165, 1.54) is 6.07 Å². The fourth-order valence-electron chi connectivity index (χ4n) is 1.59. The third-order valence-electron chi connectivity index (χ3n) is 2.57. The summed E-state index contributed by atoms with van der Waals surface area (Å²) in [7, 11) is 0. The Balaban J connectivity index is 2.15. The van der Waals surface area contributed by atoms with Gasteiger partial charge in [-0.15, -0.1) is 0 Å². The summed E-state index contributed by atoms with van der Waals surface area (Å²) in [4.78, 5) is 15.3. The molecule has 2 rings (SSSR count). The SMILES string of the molecule is CCc1cc(C(=O)O)cc(NCc2cccnn2)n1. The largest absolute Gasteiger partial charge is 0.478 e. The van der Waals surface area contributed by atoms with Crippen LogP contribution in [0.15, 0.2) is 30.5 Å². The van der Waals surface area contributed by atoms with Gasteiger partial charge in [0.25, 0.3) is 0 Å². The van der Waals surface area contributed by atoms with Gasteiger partial charge in [0.15, 0.2) is 0 Å². The van der Waals surface area contributed by atoms with Crippen LogP contribution in [0, 0.1) is 0 Å². The van der Waals surface area contributed by atoms with Gasteiger partial charge in [-0.3, -0.25) is 0 Å². The van der Waals surface area contributed by atoms with Gasteiger partial charge in [-0.2, -0.15) is 10.2 Å². The minimum atomic E-state index is -0.959. The van der Waals surface area contributed by atoms with Crippen LogP contribution >= 0.6 is 0 Å². The average molecular weight is 258 g/mol. The lowest BCUT2D eigenvalue weighted by molar-refractivity contribution is 0.0696. The number of aromatic nitrogens is 3. The molecular weight excluding hydrogens is 244 g/mol. The number of nitrogens with zero attached hydrogens (tertiary/aromatic N) is 3. The molecule has 2 N–H and O–H groups in total. The molecule has 0 aromatic carbocycles. The number of carboxylic acids is 1. The van der Waals surface area contributed by atoms with Crippen molar-refractivity contribution >= 4 is 11.8 Å². The van der Waals surface area contributed by atoms with E-state index in [2.05, 4.69) is 20.5 Å². The van der Waals surface area contributed by atoms with E-state index in [-0.39, 0.29) is 5.56 Å². The lowest BCUT2D eigenvalue weighted by Crippen LogP contribution is -2.07. The fraction of sp³-hybridized carbons (Fsp3) is 0.231. The van der Waals surface area contributed by atoms with Crippen LogP contribution in [0.2, 0.25) is 0 Å². The maximum Gasteiger partial charge on any atom is 0.335 e. The first-order valence-electron chi connectivity index (χ1n) is 5.93. The highest BCUT2D eigenvalue weighted by molar-refractivity contribution is 5.88. The second-order valence-electron chi connectivity index (χ2n) is 3.96. The van der Waals surface area contributed by atoms with Crippen LogP contribution in [0.3, 0.4) is 0 Å². The van der Waals surface area contributed by atoms with Crippen molar-refractivity contribution in [1.29, 1.82) is 0 Å². The van der Waals surface area contributed by atoms with Crippen molar-refractivity contribution in [2.75, 3.05) is 5.32 Å². The zero-order chi connectivity index (χ0) is 13.7. The lowest BCUT2D eigenvalue weighted by atomic mass is 10.2. The maximum absolute atomic E-state index is 11.0. The number of aryl methyl sites for hydroxylation is 1. The van der Waals surface area contributed by atoms with E-state index in [1.54, 1.807) is 18.3 Å². The number of hydrogen-bond donors (Lipinski definition) is 2. The molecule has 0 aliphatic carbocycles. The van der Waals surface area contributed by atoms with Crippen molar-refractivity contribution in [3.8, 4) is 0 Å². The zero-order valence-corrected chi connectivity index (χ0v) is 10.5. The van der Waals surface area contributed by atoms with Crippen LogP contribution < -0.4 is 5.32 Å². The summed E-state index contributed by atoms with van der Waals surface area (Å²) in [6.07, 6.45) is 2.28. The molecule has 0 fully saturated rings. The van der Waals surface area contributed by atoms with Crippen molar-refractivity contribution < 1.29 is 9.90 Å². The van der Waals surface area contributed by atoms with Crippen molar-refractivity contribution in [3.63, 3.8) is 0 Å². The van der Waals surface area contributed by atoms with E-state index in [1.807, 2.05) is 13.0 Å². The predicted octanol–water partition coefficient (Wildman–Crippen LogP) is 1.74. The number of hydrogen-bond acceptors (Lipinski definition) is 5. The Morgan fingerprint density at radius 3 is 2.84 bits per heavy atom. The van der Waals surface area contributed by atoms with E-state index in [0.29, 0.717) is 18.8 Å². The van der Waals surface area contributed by atoms with Crippen molar-refractivity contribution in [1.82, 2.24) is 15.2 Å². The van der Waals surface area contributed by atoms with E-state index in [9.17, 15) is 4.79 Å². The Labute approximate surface area is 110 Å². The molecule has 0 aliphatic heterocycles. The maximum atomic E-state index is 11.0. The van der Waals surface area contributed by atoms with Gasteiger partial charge in [0.1, 0.15) is 5.82 Å². The summed E-state index contributed by atoms with van der Waals surface area (Å²) in [5.41, 5.74) is 1.73. The molecule has 19 heavy (non-hydrogen) atoms. The van der Waals surface area contributed by atoms with E-state index < -0.39 is 5.97 Å². The average Bonchev–Trinajstić information content (AvgIpc) is 2.45. The molecule has 6 nitrogen and oxygen atoms in total. The summed E-state index contributed by atoms with van der Waals surface area (Å²) in [6, 6.07) is 6.72. The second kappa shape index (κ2) is 5.90. The first-order valence-corrected chi connectivity index (χ1v) is 5.93. The molecule has 0 bridgehead atoms. The molecule has 6 heteroatoms. The lowest BCUT2D eigenvalue weighted by Gasteiger charge is -2.07. The number of aromatic carboxylic acids is 1. The molecule has 98 valence electrons. The summed E-state index contributed by atoms with van der Waals surface area (Å²) >= 11 is 0. The molecular formula is C13H14N4O2. The number of carbonyl (C=O) groups is 1. The highest BCUT2D eigenvalue weighted by Gasteiger charge is 2.07. The van der Waals surface area contributed by atoms with Gasteiger partial charge in [-0.05, 0) is 30.7 Å². The van der Waals surface area contributed by atoms with Crippen LogP contribution in [-0.4, -0.2) is 26.3 Å². The topological polar surface area (TPSA) is 88.0 Å².